The second-order valence-electron chi connectivity index (χ2n) is 4.20. The molecule has 21 heavy (non-hydrogen) atoms. The van der Waals surface area contributed by atoms with Gasteiger partial charge in [-0.05, 0) is 24.3 Å². The van der Waals surface area contributed by atoms with Gasteiger partial charge in [-0.1, -0.05) is 18.2 Å². The van der Waals surface area contributed by atoms with Crippen molar-refractivity contribution in [3.05, 3.63) is 54.9 Å². The third kappa shape index (κ3) is 2.17. The molecule has 0 bridgehead atoms. The maximum absolute atomic E-state index is 12.6. The van der Waals surface area contributed by atoms with Crippen molar-refractivity contribution < 1.29 is 17.9 Å². The molecule has 7 heteroatoms. The zero-order chi connectivity index (χ0) is 14.9. The van der Waals surface area contributed by atoms with E-state index in [2.05, 4.69) is 4.98 Å². The fourth-order valence-electron chi connectivity index (χ4n) is 2.04. The molecule has 2 heterocycles. The molecular formula is C14H10N2O4S. The predicted molar refractivity (Wildman–Crippen MR) is 75.5 cm³/mol. The number of aromatic nitrogens is 2. The van der Waals surface area contributed by atoms with E-state index in [4.69, 9.17) is 4.74 Å². The van der Waals surface area contributed by atoms with Crippen LogP contribution in [-0.4, -0.2) is 23.8 Å². The van der Waals surface area contributed by atoms with Crippen LogP contribution in [0, 0.1) is 0 Å². The maximum atomic E-state index is 12.6. The van der Waals surface area contributed by atoms with Gasteiger partial charge in [0.1, 0.15) is 0 Å². The summed E-state index contributed by atoms with van der Waals surface area (Å²) in [4.78, 5) is 14.7. The van der Waals surface area contributed by atoms with Crippen molar-refractivity contribution in [2.45, 2.75) is 4.90 Å². The van der Waals surface area contributed by atoms with Crippen molar-refractivity contribution in [2.24, 2.45) is 0 Å². The molecule has 0 spiro atoms. The van der Waals surface area contributed by atoms with Gasteiger partial charge in [0.2, 0.25) is 0 Å². The molecule has 0 atom stereocenters. The van der Waals surface area contributed by atoms with Crippen molar-refractivity contribution in [1.82, 2.24) is 8.96 Å². The van der Waals surface area contributed by atoms with Crippen LogP contribution >= 0.6 is 0 Å². The number of fused-ring (bicyclic) bond motifs is 1. The summed E-state index contributed by atoms with van der Waals surface area (Å²) < 4.78 is 31.1. The first-order valence-electron chi connectivity index (χ1n) is 6.01. The lowest BCUT2D eigenvalue weighted by atomic mass is 10.3. The van der Waals surface area contributed by atoms with Crippen molar-refractivity contribution in [1.29, 1.82) is 0 Å². The average molecular weight is 302 g/mol. The van der Waals surface area contributed by atoms with Gasteiger partial charge in [-0.3, -0.25) is 4.79 Å². The summed E-state index contributed by atoms with van der Waals surface area (Å²) in [7, 11) is -3.80. The van der Waals surface area contributed by atoms with E-state index < -0.39 is 10.0 Å². The molecule has 3 rings (SSSR count). The van der Waals surface area contributed by atoms with E-state index in [1.54, 1.807) is 30.3 Å². The molecular weight excluding hydrogens is 292 g/mol. The Morgan fingerprint density at radius 2 is 1.86 bits per heavy atom. The number of rotatable bonds is 4. The molecule has 0 fully saturated rings. The Morgan fingerprint density at radius 1 is 1.10 bits per heavy atom. The van der Waals surface area contributed by atoms with E-state index in [1.807, 2.05) is 0 Å². The minimum atomic E-state index is -3.80. The molecule has 1 aromatic carbocycles. The van der Waals surface area contributed by atoms with Crippen LogP contribution in [0.15, 0.2) is 59.8 Å². The van der Waals surface area contributed by atoms with Crippen LogP contribution in [0.5, 0.6) is 5.75 Å². The molecule has 0 radical (unpaired) electrons. The molecule has 0 amide bonds. The molecule has 0 aliphatic heterocycles. The highest BCUT2D eigenvalue weighted by Gasteiger charge is 2.22. The number of nitrogens with zero attached hydrogens (tertiary/aromatic N) is 2. The van der Waals surface area contributed by atoms with E-state index in [0.717, 1.165) is 3.97 Å². The van der Waals surface area contributed by atoms with E-state index in [1.165, 1.54) is 24.5 Å². The normalized spacial score (nSPS) is 11.4. The highest BCUT2D eigenvalue weighted by Crippen LogP contribution is 2.29. The first kappa shape index (κ1) is 13.3. The minimum absolute atomic E-state index is 0.130. The highest BCUT2D eigenvalue weighted by molar-refractivity contribution is 7.90. The fraction of sp³-hybridized carbons (Fsp3) is 0. The monoisotopic (exact) mass is 302 g/mol. The lowest BCUT2D eigenvalue weighted by molar-refractivity contribution is -0.120. The Labute approximate surface area is 120 Å². The van der Waals surface area contributed by atoms with Gasteiger partial charge in [0, 0.05) is 6.20 Å². The van der Waals surface area contributed by atoms with Gasteiger partial charge < -0.3 is 4.74 Å². The average Bonchev–Trinajstić information content (AvgIpc) is 2.88. The van der Waals surface area contributed by atoms with Crippen LogP contribution in [0.1, 0.15) is 0 Å². The standard InChI is InChI=1S/C14H10N2O4S/c17-10-20-13-9-16(14-12(13)7-4-8-15-14)21(18,19)11-5-2-1-3-6-11/h1-10H. The number of pyridine rings is 1. The number of benzene rings is 1. The Kier molecular flexibility index (Phi) is 3.19. The van der Waals surface area contributed by atoms with Crippen molar-refractivity contribution >= 4 is 27.5 Å². The zero-order valence-corrected chi connectivity index (χ0v) is 11.5. The van der Waals surface area contributed by atoms with E-state index in [0.29, 0.717) is 5.39 Å². The second kappa shape index (κ2) is 5.02. The number of hydrogen-bond acceptors (Lipinski definition) is 5. The molecule has 106 valence electrons. The largest absolute Gasteiger partial charge is 0.426 e. The summed E-state index contributed by atoms with van der Waals surface area (Å²) in [6.45, 7) is 0.251. The maximum Gasteiger partial charge on any atom is 0.298 e. The molecule has 0 aliphatic rings. The van der Waals surface area contributed by atoms with Gasteiger partial charge in [-0.2, -0.15) is 0 Å². The predicted octanol–water partition coefficient (Wildman–Crippen LogP) is 1.81. The van der Waals surface area contributed by atoms with Crippen LogP contribution in [-0.2, 0) is 14.8 Å². The van der Waals surface area contributed by atoms with E-state index >= 15 is 0 Å². The molecule has 0 saturated carbocycles. The molecule has 0 aliphatic carbocycles. The van der Waals surface area contributed by atoms with Crippen LogP contribution in [0.3, 0.4) is 0 Å². The number of hydrogen-bond donors (Lipinski definition) is 0. The lowest BCUT2D eigenvalue weighted by Crippen LogP contribution is -2.12. The summed E-state index contributed by atoms with van der Waals surface area (Å²) in [6.07, 6.45) is 2.72. The summed E-state index contributed by atoms with van der Waals surface area (Å²) >= 11 is 0. The van der Waals surface area contributed by atoms with E-state index in [9.17, 15) is 13.2 Å². The fourth-order valence-corrected chi connectivity index (χ4v) is 3.37. The van der Waals surface area contributed by atoms with Crippen LogP contribution in [0.4, 0.5) is 0 Å². The third-order valence-corrected chi connectivity index (χ3v) is 4.63. The van der Waals surface area contributed by atoms with Crippen LogP contribution < -0.4 is 4.74 Å². The van der Waals surface area contributed by atoms with Crippen molar-refractivity contribution in [2.75, 3.05) is 0 Å². The van der Waals surface area contributed by atoms with Crippen LogP contribution in [0.2, 0.25) is 0 Å². The molecule has 6 nitrogen and oxygen atoms in total. The van der Waals surface area contributed by atoms with Gasteiger partial charge in [-0.15, -0.1) is 0 Å². The molecule has 2 aromatic heterocycles. The SMILES string of the molecule is O=COc1cn(S(=O)(=O)c2ccccc2)c2ncccc12. The Balaban J connectivity index is 2.28. The Bertz CT molecular complexity index is 901. The van der Waals surface area contributed by atoms with Gasteiger partial charge in [-0.25, -0.2) is 17.4 Å². The van der Waals surface area contributed by atoms with Crippen molar-refractivity contribution in [3.8, 4) is 5.75 Å². The number of ether oxygens (including phenoxy) is 1. The molecule has 0 N–H and O–H groups in total. The minimum Gasteiger partial charge on any atom is -0.426 e. The summed E-state index contributed by atoms with van der Waals surface area (Å²) in [6, 6.07) is 11.3. The van der Waals surface area contributed by atoms with Crippen molar-refractivity contribution in [3.63, 3.8) is 0 Å². The molecule has 0 unspecified atom stereocenters. The first-order valence-corrected chi connectivity index (χ1v) is 7.45. The summed E-state index contributed by atoms with van der Waals surface area (Å²) in [5, 5.41) is 0.448. The summed E-state index contributed by atoms with van der Waals surface area (Å²) in [5.41, 5.74) is 0.207. The third-order valence-electron chi connectivity index (χ3n) is 2.97. The Morgan fingerprint density at radius 3 is 2.57 bits per heavy atom. The Hall–Kier alpha value is -2.67. The molecule has 0 saturated heterocycles. The first-order chi connectivity index (χ1) is 10.1. The van der Waals surface area contributed by atoms with Gasteiger partial charge in [0.25, 0.3) is 16.5 Å². The van der Waals surface area contributed by atoms with Gasteiger partial charge in [0.05, 0.1) is 16.5 Å². The van der Waals surface area contributed by atoms with E-state index in [-0.39, 0.29) is 22.8 Å². The molecule has 3 aromatic rings. The quantitative estimate of drug-likeness (QED) is 0.687. The van der Waals surface area contributed by atoms with Crippen LogP contribution in [0.25, 0.3) is 11.0 Å². The van der Waals surface area contributed by atoms with Gasteiger partial charge >= 0.3 is 0 Å². The second-order valence-corrected chi connectivity index (χ2v) is 6.01. The lowest BCUT2D eigenvalue weighted by Gasteiger charge is -2.05. The highest BCUT2D eigenvalue weighted by atomic mass is 32.2. The number of carbonyl (C=O) groups is 1. The topological polar surface area (TPSA) is 78.3 Å². The summed E-state index contributed by atoms with van der Waals surface area (Å²) in [5.74, 6) is 0.146. The van der Waals surface area contributed by atoms with Gasteiger partial charge in [0.15, 0.2) is 11.4 Å². The number of carbonyl (C=O) groups excluding carboxylic acids is 1. The zero-order valence-electron chi connectivity index (χ0n) is 10.7. The smallest absolute Gasteiger partial charge is 0.298 e.